The molecule has 6 atom stereocenters. The van der Waals surface area contributed by atoms with Gasteiger partial charge in [0.1, 0.15) is 0 Å². The van der Waals surface area contributed by atoms with Gasteiger partial charge in [-0.1, -0.05) is 0 Å². The van der Waals surface area contributed by atoms with Crippen LogP contribution in [0.5, 0.6) is 0 Å². The van der Waals surface area contributed by atoms with Gasteiger partial charge in [-0.05, 0) is 0 Å². The summed E-state index contributed by atoms with van der Waals surface area (Å²) in [6, 6.07) is 0. The topological polar surface area (TPSA) is 0 Å². The van der Waals surface area contributed by atoms with Crippen LogP contribution < -0.4 is 0 Å². The Hall–Kier alpha value is 2.66. The van der Waals surface area contributed by atoms with Gasteiger partial charge in [0.25, 0.3) is 0 Å². The number of hydrogen-bond acceptors (Lipinski definition) is 0. The number of rotatable bonds is 4. The molecule has 0 radical (unpaired) electrons. The third kappa shape index (κ3) is 2.66. The van der Waals surface area contributed by atoms with Crippen LogP contribution in [-0.4, -0.2) is 63.3 Å². The van der Waals surface area contributed by atoms with Crippen molar-refractivity contribution in [1.82, 2.24) is 0 Å². The second-order valence-electron chi connectivity index (χ2n) is 3.91. The van der Waals surface area contributed by atoms with E-state index in [9.17, 15) is 0 Å². The first-order valence-corrected chi connectivity index (χ1v) is 19.8. The summed E-state index contributed by atoms with van der Waals surface area (Å²) in [6.45, 7) is 0. The van der Waals surface area contributed by atoms with Crippen LogP contribution in [0, 0.1) is 11.8 Å². The van der Waals surface area contributed by atoms with Crippen LogP contribution in [0.15, 0.2) is 0 Å². The SMILES string of the molecule is C[Se][Se]C1C(Cl)C2CC1C(Cl)C2[Se][Se]C. The summed E-state index contributed by atoms with van der Waals surface area (Å²) in [5.41, 5.74) is 0. The maximum absolute atomic E-state index is 6.63. The molecule has 0 heterocycles. The third-order valence-corrected chi connectivity index (χ3v) is 18.6. The van der Waals surface area contributed by atoms with Crippen molar-refractivity contribution in [3.8, 4) is 0 Å². The summed E-state index contributed by atoms with van der Waals surface area (Å²) in [7, 11) is 0. The van der Waals surface area contributed by atoms with Gasteiger partial charge < -0.3 is 0 Å². The monoisotopic (exact) mass is 512 g/mol. The van der Waals surface area contributed by atoms with Crippen LogP contribution in [-0.2, 0) is 0 Å². The Morgan fingerprint density at radius 3 is 1.60 bits per heavy atom. The number of fused-ring (bicyclic) bond motifs is 2. The van der Waals surface area contributed by atoms with Crippen molar-refractivity contribution in [1.29, 1.82) is 0 Å². The molecule has 0 aromatic rings. The maximum atomic E-state index is 6.63. The van der Waals surface area contributed by atoms with Gasteiger partial charge in [0, 0.05) is 0 Å². The van der Waals surface area contributed by atoms with Gasteiger partial charge in [0.15, 0.2) is 0 Å². The van der Waals surface area contributed by atoms with Crippen molar-refractivity contribution in [2.45, 2.75) is 38.5 Å². The second kappa shape index (κ2) is 6.20. The number of hydrogen-bond donors (Lipinski definition) is 0. The fraction of sp³-hybridized carbons (Fsp3) is 1.00. The molecule has 0 aromatic heterocycles. The fourth-order valence-corrected chi connectivity index (χ4v) is 20.5. The first kappa shape index (κ1) is 14.1. The van der Waals surface area contributed by atoms with E-state index < -0.39 is 0 Å². The van der Waals surface area contributed by atoms with Crippen LogP contribution >= 0.6 is 23.2 Å². The van der Waals surface area contributed by atoms with Crippen LogP contribution in [0.25, 0.3) is 0 Å². The van der Waals surface area contributed by atoms with Gasteiger partial charge in [-0.2, -0.15) is 0 Å². The van der Waals surface area contributed by atoms with E-state index >= 15 is 0 Å². The van der Waals surface area contributed by atoms with E-state index in [4.69, 9.17) is 23.2 Å². The minimum absolute atomic E-state index is 0.487. The van der Waals surface area contributed by atoms with Crippen LogP contribution in [0.4, 0.5) is 0 Å². The predicted molar refractivity (Wildman–Crippen MR) is 73.1 cm³/mol. The zero-order valence-electron chi connectivity index (χ0n) is 8.56. The van der Waals surface area contributed by atoms with Gasteiger partial charge in [0.2, 0.25) is 0 Å². The molecule has 0 aromatic carbocycles. The Balaban J connectivity index is 2.05. The molecule has 0 N–H and O–H groups in total. The zero-order valence-corrected chi connectivity index (χ0v) is 16.9. The average molecular weight is 509 g/mol. The van der Waals surface area contributed by atoms with Gasteiger partial charge in [-0.15, -0.1) is 0 Å². The van der Waals surface area contributed by atoms with E-state index in [1.807, 2.05) is 0 Å². The second-order valence-corrected chi connectivity index (χ2v) is 20.9. The Morgan fingerprint density at radius 2 is 1.27 bits per heavy atom. The summed E-state index contributed by atoms with van der Waals surface area (Å²) >= 11 is 16.5. The van der Waals surface area contributed by atoms with Crippen LogP contribution in [0.3, 0.4) is 0 Å². The summed E-state index contributed by atoms with van der Waals surface area (Å²) in [5, 5.41) is 0.974. The molecule has 0 nitrogen and oxygen atoms in total. The Labute approximate surface area is 124 Å². The van der Waals surface area contributed by atoms with Gasteiger partial charge >= 0.3 is 126 Å². The van der Waals surface area contributed by atoms with Crippen molar-refractivity contribution in [3.63, 3.8) is 0 Å². The molecule has 2 bridgehead atoms. The molecule has 6 unspecified atom stereocenters. The predicted octanol–water partition coefficient (Wildman–Crippen LogP) is 2.17. The summed E-state index contributed by atoms with van der Waals surface area (Å²) < 4.78 is 0. The zero-order chi connectivity index (χ0) is 11.0. The number of halogens is 2. The van der Waals surface area contributed by atoms with E-state index in [2.05, 4.69) is 11.6 Å². The Bertz CT molecular complexity index is 206. The third-order valence-electron chi connectivity index (χ3n) is 3.25. The van der Waals surface area contributed by atoms with E-state index in [1.165, 1.54) is 6.42 Å². The first-order valence-electron chi connectivity index (χ1n) is 4.87. The molecule has 0 amide bonds. The van der Waals surface area contributed by atoms with E-state index in [0.717, 1.165) is 74.0 Å². The van der Waals surface area contributed by atoms with Crippen molar-refractivity contribution in [3.05, 3.63) is 0 Å². The molecule has 2 fully saturated rings. The minimum atomic E-state index is 0.487. The standard InChI is InChI=1S/C9H14Cl2Se4/c1-12-14-8-4-3-5(6(8)10)9(7(4)11)15-13-2/h4-9H,3H2,1-2H3. The van der Waals surface area contributed by atoms with E-state index in [1.54, 1.807) is 0 Å². The van der Waals surface area contributed by atoms with Crippen molar-refractivity contribution in [2.24, 2.45) is 11.8 Å². The summed E-state index contributed by atoms with van der Waals surface area (Å²) in [5.74, 6) is 6.27. The van der Waals surface area contributed by atoms with Crippen molar-refractivity contribution in [2.75, 3.05) is 0 Å². The van der Waals surface area contributed by atoms with Crippen molar-refractivity contribution < 1.29 is 0 Å². The normalized spacial score (nSPS) is 48.8. The van der Waals surface area contributed by atoms with Crippen molar-refractivity contribution >= 4 is 75.7 Å². The molecule has 15 heavy (non-hydrogen) atoms. The molecule has 88 valence electrons. The molecule has 2 aliphatic carbocycles. The first-order chi connectivity index (χ1) is 7.20. The van der Waals surface area contributed by atoms with Gasteiger partial charge in [-0.25, -0.2) is 0 Å². The van der Waals surface area contributed by atoms with Gasteiger partial charge in [-0.3, -0.25) is 0 Å². The molecule has 0 spiro atoms. The molecular formula is C9H14Cl2Se4. The molecule has 2 aliphatic rings. The van der Waals surface area contributed by atoms with E-state index in [-0.39, 0.29) is 0 Å². The molecular weight excluding hydrogens is 495 g/mol. The fourth-order valence-electron chi connectivity index (χ4n) is 2.64. The molecule has 2 rings (SSSR count). The summed E-state index contributed by atoms with van der Waals surface area (Å²) in [4.78, 5) is 1.63. The summed E-state index contributed by atoms with van der Waals surface area (Å²) in [6.07, 6.45) is 1.35. The van der Waals surface area contributed by atoms with Crippen LogP contribution in [0.2, 0.25) is 21.3 Å². The molecule has 0 aliphatic heterocycles. The molecule has 0 saturated heterocycles. The quantitative estimate of drug-likeness (QED) is 0.403. The molecule has 2 saturated carbocycles. The van der Waals surface area contributed by atoms with Crippen LogP contribution in [0.1, 0.15) is 6.42 Å². The Morgan fingerprint density at radius 1 is 0.867 bits per heavy atom. The van der Waals surface area contributed by atoms with Gasteiger partial charge in [0.05, 0.1) is 0 Å². The average Bonchev–Trinajstić information content (AvgIpc) is 2.68. The van der Waals surface area contributed by atoms with E-state index in [0.29, 0.717) is 10.8 Å². The number of alkyl halides is 2. The Kier molecular flexibility index (Phi) is 5.82. The molecule has 6 heteroatoms.